The van der Waals surface area contributed by atoms with Crippen LogP contribution in [0.1, 0.15) is 33.6 Å². The third-order valence-electron chi connectivity index (χ3n) is 2.58. The standard InChI is InChI=1S/C13H21PSSe/c1-4-5-11-15-14(16,12(2)3)13-9-7-6-8-10-13/h6-10,12H,4-5,11H2,1-3H3. The zero-order chi connectivity index (χ0) is 12.0. The monoisotopic (exact) mass is 320 g/mol. The third kappa shape index (κ3) is 3.77. The van der Waals surface area contributed by atoms with Crippen LogP contribution in [0.25, 0.3) is 0 Å². The molecule has 0 amide bonds. The molecule has 1 rings (SSSR count). The van der Waals surface area contributed by atoms with Crippen LogP contribution in [0, 0.1) is 0 Å². The third-order valence-corrected chi connectivity index (χ3v) is 15.4. The summed E-state index contributed by atoms with van der Waals surface area (Å²) >= 11 is 5.70. The molecule has 0 N–H and O–H groups in total. The average Bonchev–Trinajstić information content (AvgIpc) is 2.30. The van der Waals surface area contributed by atoms with E-state index in [0.717, 1.165) is 5.66 Å². The Bertz CT molecular complexity index is 348. The summed E-state index contributed by atoms with van der Waals surface area (Å²) in [6.07, 6.45) is 2.62. The van der Waals surface area contributed by atoms with Crippen LogP contribution in [0.15, 0.2) is 30.3 Å². The van der Waals surface area contributed by atoms with Crippen molar-refractivity contribution >= 4 is 36.5 Å². The van der Waals surface area contributed by atoms with E-state index in [9.17, 15) is 0 Å². The van der Waals surface area contributed by atoms with Gasteiger partial charge in [0.25, 0.3) is 0 Å². The van der Waals surface area contributed by atoms with Crippen molar-refractivity contribution in [3.05, 3.63) is 30.3 Å². The molecule has 0 aliphatic heterocycles. The van der Waals surface area contributed by atoms with Gasteiger partial charge in [-0.25, -0.2) is 0 Å². The molecule has 0 nitrogen and oxygen atoms in total. The molecule has 0 aliphatic carbocycles. The van der Waals surface area contributed by atoms with Crippen molar-refractivity contribution < 1.29 is 0 Å². The number of unbranched alkanes of at least 4 members (excludes halogenated alkanes) is 1. The van der Waals surface area contributed by atoms with Gasteiger partial charge in [0.05, 0.1) is 0 Å². The Hall–Kier alpha value is 0.519. The van der Waals surface area contributed by atoms with Crippen LogP contribution in [-0.4, -0.2) is 26.5 Å². The van der Waals surface area contributed by atoms with Gasteiger partial charge in [0, 0.05) is 0 Å². The number of hydrogen-bond acceptors (Lipinski definition) is 1. The molecule has 0 spiro atoms. The summed E-state index contributed by atoms with van der Waals surface area (Å²) in [7, 11) is 0. The molecule has 0 aromatic heterocycles. The van der Waals surface area contributed by atoms with Crippen LogP contribution in [0.3, 0.4) is 0 Å². The van der Waals surface area contributed by atoms with E-state index in [4.69, 9.17) is 0 Å². The van der Waals surface area contributed by atoms with Crippen molar-refractivity contribution in [2.45, 2.75) is 39.3 Å². The second-order valence-electron chi connectivity index (χ2n) is 4.21. The first kappa shape index (κ1) is 14.6. The maximum absolute atomic E-state index is 3.54. The van der Waals surface area contributed by atoms with E-state index < -0.39 is 4.71 Å². The molecule has 0 radical (unpaired) electrons. The molecule has 16 heavy (non-hydrogen) atoms. The topological polar surface area (TPSA) is 0 Å². The predicted octanol–water partition coefficient (Wildman–Crippen LogP) is 4.27. The van der Waals surface area contributed by atoms with Crippen LogP contribution < -0.4 is 5.30 Å². The average molecular weight is 319 g/mol. The first-order chi connectivity index (χ1) is 7.61. The molecule has 1 aromatic carbocycles. The summed E-state index contributed by atoms with van der Waals surface area (Å²) in [6, 6.07) is 11.0. The van der Waals surface area contributed by atoms with Gasteiger partial charge >= 0.3 is 112 Å². The van der Waals surface area contributed by atoms with Crippen molar-refractivity contribution in [1.82, 2.24) is 0 Å². The van der Waals surface area contributed by atoms with Gasteiger partial charge < -0.3 is 0 Å². The van der Waals surface area contributed by atoms with E-state index in [-0.39, 0.29) is 0 Å². The maximum atomic E-state index is 3.54. The van der Waals surface area contributed by atoms with Gasteiger partial charge in [0.15, 0.2) is 0 Å². The van der Waals surface area contributed by atoms with Crippen LogP contribution in [0.5, 0.6) is 0 Å². The van der Waals surface area contributed by atoms with E-state index in [2.05, 4.69) is 77.6 Å². The van der Waals surface area contributed by atoms with Gasteiger partial charge in [0.2, 0.25) is 0 Å². The molecular weight excluding hydrogens is 298 g/mol. The fourth-order valence-corrected chi connectivity index (χ4v) is 8.90. The summed E-state index contributed by atoms with van der Waals surface area (Å²) in [6.45, 7) is 6.95. The second kappa shape index (κ2) is 7.07. The zero-order valence-electron chi connectivity index (χ0n) is 10.3. The Morgan fingerprint density at radius 1 is 1.25 bits per heavy atom. The van der Waals surface area contributed by atoms with E-state index in [1.165, 1.54) is 23.9 Å². The molecule has 0 saturated heterocycles. The SMILES string of the molecule is CCCCSP(=[Se])(c1ccccc1)C(C)C. The molecule has 0 aliphatic rings. The molecule has 3 heteroatoms. The fourth-order valence-electron chi connectivity index (χ4n) is 1.50. The van der Waals surface area contributed by atoms with E-state index >= 15 is 0 Å². The Kier molecular flexibility index (Phi) is 6.44. The first-order valence-electron chi connectivity index (χ1n) is 5.91. The van der Waals surface area contributed by atoms with Crippen LogP contribution >= 0.6 is 16.1 Å². The van der Waals surface area contributed by atoms with Gasteiger partial charge in [-0.1, -0.05) is 0 Å². The number of rotatable bonds is 6. The van der Waals surface area contributed by atoms with Crippen molar-refractivity contribution in [2.75, 3.05) is 5.75 Å². The van der Waals surface area contributed by atoms with Crippen LogP contribution in [0.2, 0.25) is 0 Å². The van der Waals surface area contributed by atoms with Gasteiger partial charge in [-0.15, -0.1) is 0 Å². The van der Waals surface area contributed by atoms with Crippen molar-refractivity contribution in [3.8, 4) is 0 Å². The summed E-state index contributed by atoms with van der Waals surface area (Å²) in [5.74, 6) is 1.28. The number of hydrogen-bond donors (Lipinski definition) is 0. The van der Waals surface area contributed by atoms with E-state index in [1.54, 1.807) is 0 Å². The van der Waals surface area contributed by atoms with Crippen molar-refractivity contribution in [3.63, 3.8) is 0 Å². The predicted molar refractivity (Wildman–Crippen MR) is 81.3 cm³/mol. The molecule has 0 saturated carbocycles. The fraction of sp³-hybridized carbons (Fsp3) is 0.538. The normalized spacial score (nSPS) is 15.0. The Morgan fingerprint density at radius 2 is 1.88 bits per heavy atom. The molecule has 1 atom stereocenters. The Labute approximate surface area is 112 Å². The van der Waals surface area contributed by atoms with Gasteiger partial charge in [0.1, 0.15) is 0 Å². The van der Waals surface area contributed by atoms with E-state index in [0.29, 0.717) is 0 Å². The minimum absolute atomic E-state index is 0.719. The molecule has 90 valence electrons. The minimum atomic E-state index is -1.13. The summed E-state index contributed by atoms with van der Waals surface area (Å²) in [4.78, 5) is 0. The summed E-state index contributed by atoms with van der Waals surface area (Å²) in [5.41, 5.74) is 0.719. The number of benzene rings is 1. The van der Waals surface area contributed by atoms with Gasteiger partial charge in [-0.05, 0) is 0 Å². The summed E-state index contributed by atoms with van der Waals surface area (Å²) < 4.78 is -1.13. The van der Waals surface area contributed by atoms with Crippen molar-refractivity contribution in [1.29, 1.82) is 0 Å². The molecular formula is C13H21PSSe. The Balaban J connectivity index is 2.85. The van der Waals surface area contributed by atoms with Crippen molar-refractivity contribution in [2.24, 2.45) is 0 Å². The quantitative estimate of drug-likeness (QED) is 0.429. The van der Waals surface area contributed by atoms with Crippen LogP contribution in [0.4, 0.5) is 0 Å². The van der Waals surface area contributed by atoms with Crippen LogP contribution in [-0.2, 0) is 0 Å². The molecule has 1 aromatic rings. The molecule has 1 unspecified atom stereocenters. The van der Waals surface area contributed by atoms with Gasteiger partial charge in [-0.2, -0.15) is 0 Å². The van der Waals surface area contributed by atoms with Gasteiger partial charge in [-0.3, -0.25) is 0 Å². The Morgan fingerprint density at radius 3 is 2.38 bits per heavy atom. The van der Waals surface area contributed by atoms with E-state index in [1.807, 2.05) is 0 Å². The first-order valence-corrected chi connectivity index (χ1v) is 11.6. The molecule has 0 bridgehead atoms. The summed E-state index contributed by atoms with van der Waals surface area (Å²) in [5, 5.41) is 1.52. The molecule has 0 heterocycles. The molecule has 0 fully saturated rings. The zero-order valence-corrected chi connectivity index (χ0v) is 13.8. The second-order valence-corrected chi connectivity index (χ2v) is 15.3.